The van der Waals surface area contributed by atoms with Crippen LogP contribution in [-0.4, -0.2) is 51.3 Å². The van der Waals surface area contributed by atoms with E-state index in [0.717, 1.165) is 31.0 Å². The Morgan fingerprint density at radius 1 is 1.21 bits per heavy atom. The van der Waals surface area contributed by atoms with Gasteiger partial charge in [0.15, 0.2) is 0 Å². The van der Waals surface area contributed by atoms with Crippen LogP contribution in [0.5, 0.6) is 0 Å². The summed E-state index contributed by atoms with van der Waals surface area (Å²) in [4.78, 5) is 31.9. The maximum Gasteiger partial charge on any atom is 0.223 e. The van der Waals surface area contributed by atoms with E-state index in [0.29, 0.717) is 13.1 Å². The molecule has 2 heterocycles. The Bertz CT molecular complexity index is 830. The second kappa shape index (κ2) is 8.56. The molecule has 0 radical (unpaired) electrons. The van der Waals surface area contributed by atoms with Crippen LogP contribution >= 0.6 is 0 Å². The van der Waals surface area contributed by atoms with Crippen molar-refractivity contribution in [3.8, 4) is 0 Å². The highest BCUT2D eigenvalue weighted by Crippen LogP contribution is 2.32. The topological polar surface area (TPSA) is 84.5 Å². The van der Waals surface area contributed by atoms with Gasteiger partial charge in [-0.1, -0.05) is 24.3 Å². The second-order valence-electron chi connectivity index (χ2n) is 7.58. The summed E-state index contributed by atoms with van der Waals surface area (Å²) in [6.07, 6.45) is 3.83. The number of aryl methyl sites for hydroxylation is 1. The molecule has 2 aromatic rings. The van der Waals surface area contributed by atoms with Crippen molar-refractivity contribution in [1.29, 1.82) is 0 Å². The van der Waals surface area contributed by atoms with Crippen LogP contribution in [0.3, 0.4) is 0 Å². The summed E-state index contributed by atoms with van der Waals surface area (Å²) in [7, 11) is 2.08. The number of rotatable bonds is 7. The van der Waals surface area contributed by atoms with Crippen molar-refractivity contribution in [3.63, 3.8) is 0 Å². The van der Waals surface area contributed by atoms with E-state index >= 15 is 0 Å². The van der Waals surface area contributed by atoms with Gasteiger partial charge in [-0.05, 0) is 25.1 Å². The molecule has 7 heteroatoms. The number of aromatic nitrogens is 2. The molecule has 2 amide bonds. The Labute approximate surface area is 166 Å². The fourth-order valence-corrected chi connectivity index (χ4v) is 3.95. The van der Waals surface area contributed by atoms with Gasteiger partial charge in [-0.15, -0.1) is 0 Å². The molecule has 0 bridgehead atoms. The molecule has 2 N–H and O–H groups in total. The van der Waals surface area contributed by atoms with Crippen molar-refractivity contribution in [2.24, 2.45) is 11.7 Å². The Balaban J connectivity index is 1.65. The first-order chi connectivity index (χ1) is 13.4. The predicted molar refractivity (Wildman–Crippen MR) is 107 cm³/mol. The Morgan fingerprint density at radius 3 is 2.54 bits per heavy atom. The van der Waals surface area contributed by atoms with E-state index in [1.54, 1.807) is 4.90 Å². The fourth-order valence-electron chi connectivity index (χ4n) is 3.95. The average molecular weight is 383 g/mol. The SMILES string of the molecule is CCn1ccnc1CN(C)Cc1ccc([C@H]2CN(C(C)=O)C[C@@H]2C(N)=O)cc1. The molecule has 150 valence electrons. The van der Waals surface area contributed by atoms with E-state index in [9.17, 15) is 9.59 Å². The van der Waals surface area contributed by atoms with Gasteiger partial charge in [-0.2, -0.15) is 0 Å². The zero-order valence-electron chi connectivity index (χ0n) is 16.8. The average Bonchev–Trinajstić information content (AvgIpc) is 3.29. The standard InChI is InChI=1S/C21H29N5O2/c1-4-25-10-9-23-20(25)14-24(3)11-16-5-7-17(8-6-16)18-12-26(15(2)27)13-19(18)21(22)28/h5-10,18-19H,4,11-14H2,1-3H3,(H2,22,28)/t18-,19+/m1/s1. The minimum absolute atomic E-state index is 0.0163. The number of amides is 2. The molecule has 1 aromatic carbocycles. The van der Waals surface area contributed by atoms with Gasteiger partial charge >= 0.3 is 0 Å². The van der Waals surface area contributed by atoms with Crippen molar-refractivity contribution >= 4 is 11.8 Å². The lowest BCUT2D eigenvalue weighted by molar-refractivity contribution is -0.128. The molecule has 1 aliphatic heterocycles. The molecule has 1 saturated heterocycles. The number of imidazole rings is 1. The third kappa shape index (κ3) is 4.42. The molecule has 1 aromatic heterocycles. The van der Waals surface area contributed by atoms with E-state index < -0.39 is 0 Å². The highest BCUT2D eigenvalue weighted by atomic mass is 16.2. The summed E-state index contributed by atoms with van der Waals surface area (Å²) < 4.78 is 2.14. The predicted octanol–water partition coefficient (Wildman–Crippen LogP) is 1.58. The zero-order valence-corrected chi connectivity index (χ0v) is 16.8. The van der Waals surface area contributed by atoms with E-state index in [2.05, 4.69) is 52.7 Å². The van der Waals surface area contributed by atoms with Crippen molar-refractivity contribution in [2.45, 2.75) is 39.4 Å². The van der Waals surface area contributed by atoms with E-state index in [-0.39, 0.29) is 23.7 Å². The molecular weight excluding hydrogens is 354 g/mol. The first-order valence-corrected chi connectivity index (χ1v) is 9.71. The maximum absolute atomic E-state index is 11.8. The third-order valence-electron chi connectivity index (χ3n) is 5.54. The largest absolute Gasteiger partial charge is 0.369 e. The Hall–Kier alpha value is -2.67. The van der Waals surface area contributed by atoms with Crippen LogP contribution < -0.4 is 5.73 Å². The van der Waals surface area contributed by atoms with Gasteiger partial charge in [0.2, 0.25) is 11.8 Å². The van der Waals surface area contributed by atoms with Crippen LogP contribution in [0.25, 0.3) is 0 Å². The fraction of sp³-hybridized carbons (Fsp3) is 0.476. The van der Waals surface area contributed by atoms with Gasteiger partial charge in [0.25, 0.3) is 0 Å². The highest BCUT2D eigenvalue weighted by molar-refractivity contribution is 5.81. The summed E-state index contributed by atoms with van der Waals surface area (Å²) in [5, 5.41) is 0. The van der Waals surface area contributed by atoms with Gasteiger partial charge in [-0.3, -0.25) is 14.5 Å². The summed E-state index contributed by atoms with van der Waals surface area (Å²) >= 11 is 0. The molecule has 28 heavy (non-hydrogen) atoms. The molecule has 1 aliphatic rings. The number of primary amides is 1. The molecule has 7 nitrogen and oxygen atoms in total. The number of nitrogens with zero attached hydrogens (tertiary/aromatic N) is 4. The first kappa shape index (κ1) is 20.1. The smallest absolute Gasteiger partial charge is 0.223 e. The first-order valence-electron chi connectivity index (χ1n) is 9.71. The molecular formula is C21H29N5O2. The molecule has 0 aliphatic carbocycles. The molecule has 0 saturated carbocycles. The van der Waals surface area contributed by atoms with Crippen molar-refractivity contribution in [2.75, 3.05) is 20.1 Å². The lowest BCUT2D eigenvalue weighted by atomic mass is 9.88. The molecule has 1 fully saturated rings. The van der Waals surface area contributed by atoms with E-state index in [1.807, 2.05) is 12.4 Å². The van der Waals surface area contributed by atoms with Gasteiger partial charge in [0.05, 0.1) is 12.5 Å². The second-order valence-corrected chi connectivity index (χ2v) is 7.58. The molecule has 3 rings (SSSR count). The van der Waals surface area contributed by atoms with Crippen LogP contribution in [0.2, 0.25) is 0 Å². The zero-order chi connectivity index (χ0) is 20.3. The van der Waals surface area contributed by atoms with Crippen LogP contribution in [0.4, 0.5) is 0 Å². The highest BCUT2D eigenvalue weighted by Gasteiger charge is 2.38. The number of likely N-dealkylation sites (tertiary alicyclic amines) is 1. The normalized spacial score (nSPS) is 19.4. The van der Waals surface area contributed by atoms with Crippen LogP contribution in [0.15, 0.2) is 36.7 Å². The summed E-state index contributed by atoms with van der Waals surface area (Å²) in [6.45, 7) is 7.09. The number of hydrogen-bond acceptors (Lipinski definition) is 4. The summed E-state index contributed by atoms with van der Waals surface area (Å²) in [6, 6.07) is 8.29. The Morgan fingerprint density at radius 2 is 1.93 bits per heavy atom. The number of nitrogens with two attached hydrogens (primary N) is 1. The quantitative estimate of drug-likeness (QED) is 0.787. The van der Waals surface area contributed by atoms with Crippen LogP contribution in [-0.2, 0) is 29.2 Å². The van der Waals surface area contributed by atoms with Crippen molar-refractivity contribution in [1.82, 2.24) is 19.4 Å². The number of hydrogen-bond donors (Lipinski definition) is 1. The van der Waals surface area contributed by atoms with Crippen LogP contribution in [0, 0.1) is 5.92 Å². The molecule has 0 unspecified atom stereocenters. The number of carbonyl (C=O) groups excluding carboxylic acids is 2. The van der Waals surface area contributed by atoms with E-state index in [4.69, 9.17) is 5.73 Å². The molecule has 2 atom stereocenters. The number of benzene rings is 1. The van der Waals surface area contributed by atoms with E-state index in [1.165, 1.54) is 12.5 Å². The third-order valence-corrected chi connectivity index (χ3v) is 5.54. The van der Waals surface area contributed by atoms with Gasteiger partial charge in [0.1, 0.15) is 5.82 Å². The van der Waals surface area contributed by atoms with Crippen LogP contribution in [0.1, 0.15) is 36.7 Å². The monoisotopic (exact) mass is 383 g/mol. The van der Waals surface area contributed by atoms with Gasteiger partial charge in [0, 0.05) is 51.4 Å². The lowest BCUT2D eigenvalue weighted by Gasteiger charge is -2.19. The maximum atomic E-state index is 11.8. The Kier molecular flexibility index (Phi) is 6.14. The van der Waals surface area contributed by atoms with Gasteiger partial charge in [-0.25, -0.2) is 4.98 Å². The van der Waals surface area contributed by atoms with Crippen molar-refractivity contribution in [3.05, 3.63) is 53.6 Å². The summed E-state index contributed by atoms with van der Waals surface area (Å²) in [5.41, 5.74) is 7.83. The van der Waals surface area contributed by atoms with Gasteiger partial charge < -0.3 is 15.2 Å². The lowest BCUT2D eigenvalue weighted by Crippen LogP contribution is -2.30. The summed E-state index contributed by atoms with van der Waals surface area (Å²) in [5.74, 6) is 0.332. The van der Waals surface area contributed by atoms with Crippen molar-refractivity contribution < 1.29 is 9.59 Å². The molecule has 0 spiro atoms. The minimum Gasteiger partial charge on any atom is -0.369 e. The minimum atomic E-state index is -0.344. The number of carbonyl (C=O) groups is 2.